The van der Waals surface area contributed by atoms with Crippen LogP contribution in [0.5, 0.6) is 0 Å². The number of pyridine rings is 2. The Morgan fingerprint density at radius 1 is 0.821 bits per heavy atom. The second-order valence-corrected chi connectivity index (χ2v) is 8.91. The number of rotatable bonds is 3. The predicted octanol–water partition coefficient (Wildman–Crippen LogP) is 4.18. The van der Waals surface area contributed by atoms with Gasteiger partial charge in [-0.15, -0.1) is 5.10 Å². The Labute approximate surface area is 164 Å². The molecular weight excluding hydrogens is 348 g/mol. The standard InChI is InChI=1S/C22H24N6/c1-21(2,3)15-9-18-20(24-11-15)25-13-17(27-18)10-22(4,5)16-8-14-6-7-26-28-19(14)23-12-16/h6-9,11-13H,10H2,1-5H3. The van der Waals surface area contributed by atoms with Crippen molar-refractivity contribution in [1.82, 2.24) is 30.1 Å². The van der Waals surface area contributed by atoms with Crippen molar-refractivity contribution in [2.45, 2.75) is 51.9 Å². The Kier molecular flexibility index (Phi) is 4.29. The molecule has 0 amide bonds. The Hall–Kier alpha value is -3.02. The predicted molar refractivity (Wildman–Crippen MR) is 110 cm³/mol. The van der Waals surface area contributed by atoms with Gasteiger partial charge in [0.15, 0.2) is 11.3 Å². The fraction of sp³-hybridized carbons (Fsp3) is 0.364. The van der Waals surface area contributed by atoms with Gasteiger partial charge < -0.3 is 0 Å². The topological polar surface area (TPSA) is 77.3 Å². The van der Waals surface area contributed by atoms with Gasteiger partial charge in [-0.2, -0.15) is 5.10 Å². The van der Waals surface area contributed by atoms with E-state index in [1.807, 2.05) is 24.7 Å². The molecule has 0 saturated heterocycles. The normalized spacial score (nSPS) is 12.6. The summed E-state index contributed by atoms with van der Waals surface area (Å²) < 4.78 is 0. The Morgan fingerprint density at radius 2 is 1.54 bits per heavy atom. The zero-order chi connectivity index (χ0) is 19.9. The lowest BCUT2D eigenvalue weighted by Gasteiger charge is -2.25. The van der Waals surface area contributed by atoms with Crippen LogP contribution in [-0.2, 0) is 17.3 Å². The fourth-order valence-electron chi connectivity index (χ4n) is 3.25. The second kappa shape index (κ2) is 6.55. The monoisotopic (exact) mass is 372 g/mol. The zero-order valence-corrected chi connectivity index (χ0v) is 16.9. The Morgan fingerprint density at radius 3 is 2.32 bits per heavy atom. The molecule has 0 N–H and O–H groups in total. The van der Waals surface area contributed by atoms with Crippen LogP contribution in [-0.4, -0.2) is 30.1 Å². The van der Waals surface area contributed by atoms with Gasteiger partial charge in [-0.3, -0.25) is 0 Å². The summed E-state index contributed by atoms with van der Waals surface area (Å²) in [6.45, 7) is 10.9. The highest BCUT2D eigenvalue weighted by Crippen LogP contribution is 2.29. The first-order chi connectivity index (χ1) is 13.2. The molecule has 0 aromatic carbocycles. The molecule has 4 aromatic rings. The molecule has 4 heterocycles. The maximum atomic E-state index is 4.85. The van der Waals surface area contributed by atoms with Gasteiger partial charge >= 0.3 is 0 Å². The number of nitrogens with zero attached hydrogens (tertiary/aromatic N) is 6. The van der Waals surface area contributed by atoms with Gasteiger partial charge in [0.2, 0.25) is 0 Å². The van der Waals surface area contributed by atoms with Gasteiger partial charge in [-0.1, -0.05) is 34.6 Å². The lowest BCUT2D eigenvalue weighted by atomic mass is 9.81. The molecule has 0 radical (unpaired) electrons. The third-order valence-corrected chi connectivity index (χ3v) is 5.09. The van der Waals surface area contributed by atoms with E-state index in [1.165, 1.54) is 0 Å². The van der Waals surface area contributed by atoms with Gasteiger partial charge in [-0.25, -0.2) is 19.9 Å². The van der Waals surface area contributed by atoms with E-state index in [0.29, 0.717) is 11.3 Å². The van der Waals surface area contributed by atoms with Crippen LogP contribution < -0.4 is 0 Å². The highest BCUT2D eigenvalue weighted by Gasteiger charge is 2.24. The summed E-state index contributed by atoms with van der Waals surface area (Å²) >= 11 is 0. The first-order valence-electron chi connectivity index (χ1n) is 9.42. The van der Waals surface area contributed by atoms with E-state index in [2.05, 4.69) is 71.9 Å². The summed E-state index contributed by atoms with van der Waals surface area (Å²) in [5, 5.41) is 8.94. The van der Waals surface area contributed by atoms with E-state index in [0.717, 1.165) is 34.1 Å². The van der Waals surface area contributed by atoms with Gasteiger partial charge in [0.25, 0.3) is 0 Å². The minimum absolute atomic E-state index is 0.0256. The van der Waals surface area contributed by atoms with Crippen molar-refractivity contribution in [1.29, 1.82) is 0 Å². The molecule has 0 aliphatic rings. The average molecular weight is 372 g/mol. The zero-order valence-electron chi connectivity index (χ0n) is 16.9. The highest BCUT2D eigenvalue weighted by molar-refractivity contribution is 5.74. The van der Waals surface area contributed by atoms with Crippen molar-refractivity contribution in [3.63, 3.8) is 0 Å². The van der Waals surface area contributed by atoms with Crippen molar-refractivity contribution in [2.75, 3.05) is 0 Å². The van der Waals surface area contributed by atoms with Gasteiger partial charge in [0.05, 0.1) is 18.1 Å². The third kappa shape index (κ3) is 3.54. The maximum Gasteiger partial charge on any atom is 0.181 e. The Bertz CT molecular complexity index is 1160. The van der Waals surface area contributed by atoms with Crippen LogP contribution >= 0.6 is 0 Å². The van der Waals surface area contributed by atoms with E-state index in [4.69, 9.17) is 4.98 Å². The molecule has 0 bridgehead atoms. The summed E-state index contributed by atoms with van der Waals surface area (Å²) in [5.74, 6) is 0. The summed E-state index contributed by atoms with van der Waals surface area (Å²) in [7, 11) is 0. The molecule has 0 fully saturated rings. The molecule has 0 aliphatic heterocycles. The summed E-state index contributed by atoms with van der Waals surface area (Å²) in [6.07, 6.45) is 8.04. The van der Waals surface area contributed by atoms with Crippen LogP contribution in [0, 0.1) is 0 Å². The van der Waals surface area contributed by atoms with E-state index in [1.54, 1.807) is 6.20 Å². The van der Waals surface area contributed by atoms with E-state index < -0.39 is 0 Å². The van der Waals surface area contributed by atoms with Gasteiger partial charge in [-0.05, 0) is 40.2 Å². The summed E-state index contributed by atoms with van der Waals surface area (Å²) in [5.41, 5.74) is 5.29. The summed E-state index contributed by atoms with van der Waals surface area (Å²) in [6, 6.07) is 6.16. The molecule has 0 atom stereocenters. The van der Waals surface area contributed by atoms with E-state index in [-0.39, 0.29) is 10.8 Å². The largest absolute Gasteiger partial charge is 0.248 e. The van der Waals surface area contributed by atoms with Crippen molar-refractivity contribution in [2.24, 2.45) is 0 Å². The van der Waals surface area contributed by atoms with Crippen molar-refractivity contribution in [3.8, 4) is 0 Å². The van der Waals surface area contributed by atoms with E-state index in [9.17, 15) is 0 Å². The van der Waals surface area contributed by atoms with Gasteiger partial charge in [0.1, 0.15) is 5.52 Å². The first-order valence-corrected chi connectivity index (χ1v) is 9.42. The quantitative estimate of drug-likeness (QED) is 0.537. The summed E-state index contributed by atoms with van der Waals surface area (Å²) in [4.78, 5) is 18.3. The molecule has 6 nitrogen and oxygen atoms in total. The molecule has 0 spiro atoms. The lowest BCUT2D eigenvalue weighted by Crippen LogP contribution is -2.22. The van der Waals surface area contributed by atoms with Crippen LogP contribution in [0.1, 0.15) is 51.4 Å². The van der Waals surface area contributed by atoms with Crippen molar-refractivity contribution < 1.29 is 0 Å². The Balaban J connectivity index is 1.68. The van der Waals surface area contributed by atoms with Crippen molar-refractivity contribution in [3.05, 3.63) is 59.8 Å². The molecule has 0 saturated carbocycles. The van der Waals surface area contributed by atoms with Crippen LogP contribution in [0.3, 0.4) is 0 Å². The highest BCUT2D eigenvalue weighted by atomic mass is 15.1. The number of fused-ring (bicyclic) bond motifs is 2. The van der Waals surface area contributed by atoms with Crippen molar-refractivity contribution >= 4 is 22.2 Å². The minimum atomic E-state index is -0.151. The molecule has 142 valence electrons. The van der Waals surface area contributed by atoms with Crippen LogP contribution in [0.4, 0.5) is 0 Å². The smallest absolute Gasteiger partial charge is 0.181 e. The third-order valence-electron chi connectivity index (χ3n) is 5.09. The SMILES string of the molecule is CC(C)(C)c1cnc2ncc(CC(C)(C)c3cnc4nnccc4c3)nc2c1. The maximum absolute atomic E-state index is 4.85. The second-order valence-electron chi connectivity index (χ2n) is 8.91. The number of hydrogen-bond acceptors (Lipinski definition) is 6. The number of hydrogen-bond donors (Lipinski definition) is 0. The lowest BCUT2D eigenvalue weighted by molar-refractivity contribution is 0.514. The van der Waals surface area contributed by atoms with Gasteiger partial charge in [0, 0.05) is 24.2 Å². The van der Waals surface area contributed by atoms with Crippen LogP contribution in [0.25, 0.3) is 22.2 Å². The molecule has 28 heavy (non-hydrogen) atoms. The van der Waals surface area contributed by atoms with E-state index >= 15 is 0 Å². The van der Waals surface area contributed by atoms with Crippen LogP contribution in [0.15, 0.2) is 43.0 Å². The number of aromatic nitrogens is 6. The molecule has 4 rings (SSSR count). The molecule has 6 heteroatoms. The molecule has 0 aliphatic carbocycles. The minimum Gasteiger partial charge on any atom is -0.248 e. The average Bonchev–Trinajstić information content (AvgIpc) is 2.66. The van der Waals surface area contributed by atoms with Crippen LogP contribution in [0.2, 0.25) is 0 Å². The molecule has 0 unspecified atom stereocenters. The first kappa shape index (κ1) is 18.3. The molecular formula is C22H24N6. The molecule has 4 aromatic heterocycles. The fourth-order valence-corrected chi connectivity index (χ4v) is 3.25.